The molecule has 0 heterocycles. The van der Waals surface area contributed by atoms with E-state index in [2.05, 4.69) is 21.2 Å². The van der Waals surface area contributed by atoms with Crippen molar-refractivity contribution in [3.05, 3.63) is 28.7 Å². The van der Waals surface area contributed by atoms with Gasteiger partial charge < -0.3 is 5.32 Å². The van der Waals surface area contributed by atoms with Gasteiger partial charge in [0, 0.05) is 16.7 Å². The summed E-state index contributed by atoms with van der Waals surface area (Å²) in [5.41, 5.74) is 0.541. The number of rotatable bonds is 3. The molecule has 2 nitrogen and oxygen atoms in total. The number of anilines is 1. The molecule has 0 aliphatic rings. The molecule has 0 amide bonds. The SMILES string of the molecule is N#CC(CNc1cccc(Br)c1)C(F)(F)F. The number of hydrogen-bond acceptors (Lipinski definition) is 2. The van der Waals surface area contributed by atoms with E-state index in [9.17, 15) is 13.2 Å². The van der Waals surface area contributed by atoms with Crippen LogP contribution in [0.25, 0.3) is 0 Å². The van der Waals surface area contributed by atoms with Crippen molar-refractivity contribution in [2.45, 2.75) is 6.18 Å². The van der Waals surface area contributed by atoms with E-state index in [4.69, 9.17) is 5.26 Å². The lowest BCUT2D eigenvalue weighted by molar-refractivity contribution is -0.155. The number of hydrogen-bond donors (Lipinski definition) is 1. The van der Waals surface area contributed by atoms with E-state index in [0.717, 1.165) is 4.47 Å². The summed E-state index contributed by atoms with van der Waals surface area (Å²) in [5, 5.41) is 10.9. The Balaban J connectivity index is 2.61. The molecule has 0 saturated heterocycles. The van der Waals surface area contributed by atoms with Crippen LogP contribution in [0.1, 0.15) is 0 Å². The van der Waals surface area contributed by atoms with Gasteiger partial charge in [0.05, 0.1) is 6.07 Å². The number of nitrogens with one attached hydrogen (secondary N) is 1. The van der Waals surface area contributed by atoms with Gasteiger partial charge in [0.1, 0.15) is 0 Å². The molecule has 1 aromatic carbocycles. The number of nitrogens with zero attached hydrogens (tertiary/aromatic N) is 1. The molecule has 1 rings (SSSR count). The highest BCUT2D eigenvalue weighted by Gasteiger charge is 2.39. The Bertz CT molecular complexity index is 398. The maximum atomic E-state index is 12.2. The maximum Gasteiger partial charge on any atom is 0.406 e. The van der Waals surface area contributed by atoms with E-state index in [-0.39, 0.29) is 0 Å². The van der Waals surface area contributed by atoms with Crippen LogP contribution in [-0.2, 0) is 0 Å². The first kappa shape index (κ1) is 12.8. The molecule has 0 aromatic heterocycles. The van der Waals surface area contributed by atoms with Crippen LogP contribution in [-0.4, -0.2) is 12.7 Å². The van der Waals surface area contributed by atoms with Gasteiger partial charge in [-0.05, 0) is 18.2 Å². The standard InChI is InChI=1S/C10H8BrF3N2/c11-8-2-1-3-9(4-8)16-6-7(5-15)10(12,13)14/h1-4,7,16H,6H2. The minimum absolute atomic E-state index is 0.448. The molecular formula is C10H8BrF3N2. The predicted octanol–water partition coefficient (Wildman–Crippen LogP) is 3.56. The molecule has 0 fully saturated rings. The van der Waals surface area contributed by atoms with Crippen molar-refractivity contribution in [2.24, 2.45) is 5.92 Å². The van der Waals surface area contributed by atoms with Crippen molar-refractivity contribution in [1.82, 2.24) is 0 Å². The Labute approximate surface area is 99.2 Å². The van der Waals surface area contributed by atoms with Crippen LogP contribution < -0.4 is 5.32 Å². The number of nitriles is 1. The fourth-order valence-corrected chi connectivity index (χ4v) is 1.45. The number of benzene rings is 1. The molecule has 1 N–H and O–H groups in total. The molecule has 1 unspecified atom stereocenters. The van der Waals surface area contributed by atoms with Gasteiger partial charge in [-0.2, -0.15) is 18.4 Å². The average Bonchev–Trinajstić information content (AvgIpc) is 2.16. The number of halogens is 4. The van der Waals surface area contributed by atoms with Crippen LogP contribution >= 0.6 is 15.9 Å². The van der Waals surface area contributed by atoms with Crippen molar-refractivity contribution in [3.63, 3.8) is 0 Å². The summed E-state index contributed by atoms with van der Waals surface area (Å²) in [4.78, 5) is 0. The lowest BCUT2D eigenvalue weighted by atomic mass is 10.1. The first-order chi connectivity index (χ1) is 7.43. The third-order valence-electron chi connectivity index (χ3n) is 1.89. The van der Waals surface area contributed by atoms with Crippen LogP contribution in [0.4, 0.5) is 18.9 Å². The van der Waals surface area contributed by atoms with Gasteiger partial charge in [-0.1, -0.05) is 22.0 Å². The van der Waals surface area contributed by atoms with Crippen molar-refractivity contribution in [1.29, 1.82) is 5.26 Å². The van der Waals surface area contributed by atoms with Gasteiger partial charge in [-0.15, -0.1) is 0 Å². The average molecular weight is 293 g/mol. The highest BCUT2D eigenvalue weighted by Crippen LogP contribution is 2.26. The Morgan fingerprint density at radius 3 is 2.62 bits per heavy atom. The van der Waals surface area contributed by atoms with Crippen LogP contribution in [0.3, 0.4) is 0 Å². The fourth-order valence-electron chi connectivity index (χ4n) is 1.05. The summed E-state index contributed by atoms with van der Waals surface area (Å²) in [7, 11) is 0. The molecule has 0 spiro atoms. The number of alkyl halides is 3. The van der Waals surface area contributed by atoms with Crippen LogP contribution in [0.2, 0.25) is 0 Å². The lowest BCUT2D eigenvalue weighted by Crippen LogP contribution is -2.28. The largest absolute Gasteiger partial charge is 0.406 e. The van der Waals surface area contributed by atoms with E-state index in [1.54, 1.807) is 24.3 Å². The molecule has 16 heavy (non-hydrogen) atoms. The second-order valence-electron chi connectivity index (χ2n) is 3.11. The van der Waals surface area contributed by atoms with Crippen molar-refractivity contribution in [3.8, 4) is 6.07 Å². The monoisotopic (exact) mass is 292 g/mol. The van der Waals surface area contributed by atoms with E-state index >= 15 is 0 Å². The van der Waals surface area contributed by atoms with Gasteiger partial charge >= 0.3 is 6.18 Å². The fraction of sp³-hybridized carbons (Fsp3) is 0.300. The van der Waals surface area contributed by atoms with E-state index in [1.165, 1.54) is 6.07 Å². The third kappa shape index (κ3) is 3.74. The van der Waals surface area contributed by atoms with Crippen LogP contribution in [0, 0.1) is 17.2 Å². The van der Waals surface area contributed by atoms with Crippen molar-refractivity contribution >= 4 is 21.6 Å². The minimum Gasteiger partial charge on any atom is -0.383 e. The molecule has 0 radical (unpaired) electrons. The zero-order valence-electron chi connectivity index (χ0n) is 8.05. The molecule has 1 aromatic rings. The van der Waals surface area contributed by atoms with E-state index < -0.39 is 18.6 Å². The Morgan fingerprint density at radius 2 is 2.12 bits per heavy atom. The Kier molecular flexibility index (Phi) is 4.19. The van der Waals surface area contributed by atoms with Gasteiger partial charge in [-0.25, -0.2) is 0 Å². The minimum atomic E-state index is -4.49. The van der Waals surface area contributed by atoms with E-state index in [1.807, 2.05) is 0 Å². The Hall–Kier alpha value is -1.22. The smallest absolute Gasteiger partial charge is 0.383 e. The molecule has 0 bridgehead atoms. The predicted molar refractivity (Wildman–Crippen MR) is 57.8 cm³/mol. The topological polar surface area (TPSA) is 35.8 Å². The van der Waals surface area contributed by atoms with Gasteiger partial charge in [0.25, 0.3) is 0 Å². The second kappa shape index (κ2) is 5.21. The zero-order chi connectivity index (χ0) is 12.2. The summed E-state index contributed by atoms with van der Waals surface area (Å²) >= 11 is 3.20. The third-order valence-corrected chi connectivity index (χ3v) is 2.38. The highest BCUT2D eigenvalue weighted by molar-refractivity contribution is 9.10. The summed E-state index contributed by atoms with van der Waals surface area (Å²) in [6, 6.07) is 7.96. The highest BCUT2D eigenvalue weighted by atomic mass is 79.9. The maximum absolute atomic E-state index is 12.2. The molecule has 0 saturated carbocycles. The lowest BCUT2D eigenvalue weighted by Gasteiger charge is -2.14. The molecule has 0 aliphatic heterocycles. The molecule has 1 atom stereocenters. The van der Waals surface area contributed by atoms with Crippen molar-refractivity contribution in [2.75, 3.05) is 11.9 Å². The summed E-state index contributed by atoms with van der Waals surface area (Å²) < 4.78 is 37.5. The summed E-state index contributed by atoms with van der Waals surface area (Å²) in [6.07, 6.45) is -4.49. The van der Waals surface area contributed by atoms with E-state index in [0.29, 0.717) is 5.69 Å². The zero-order valence-corrected chi connectivity index (χ0v) is 9.64. The molecule has 0 aliphatic carbocycles. The molecular weight excluding hydrogens is 285 g/mol. The molecule has 6 heteroatoms. The second-order valence-corrected chi connectivity index (χ2v) is 4.03. The normalized spacial score (nSPS) is 12.9. The quantitative estimate of drug-likeness (QED) is 0.925. The summed E-state index contributed by atoms with van der Waals surface area (Å²) in [5.74, 6) is -1.99. The van der Waals surface area contributed by atoms with Crippen LogP contribution in [0.5, 0.6) is 0 Å². The summed E-state index contributed by atoms with van der Waals surface area (Å²) in [6.45, 7) is -0.448. The molecule has 86 valence electrons. The Morgan fingerprint density at radius 1 is 1.44 bits per heavy atom. The van der Waals surface area contributed by atoms with Crippen LogP contribution in [0.15, 0.2) is 28.7 Å². The van der Waals surface area contributed by atoms with Crippen molar-refractivity contribution < 1.29 is 13.2 Å². The van der Waals surface area contributed by atoms with Gasteiger partial charge in [0.15, 0.2) is 5.92 Å². The van der Waals surface area contributed by atoms with Gasteiger partial charge in [-0.3, -0.25) is 0 Å². The first-order valence-electron chi connectivity index (χ1n) is 4.39. The first-order valence-corrected chi connectivity index (χ1v) is 5.18. The van der Waals surface area contributed by atoms with Gasteiger partial charge in [0.2, 0.25) is 0 Å².